The van der Waals surface area contributed by atoms with E-state index in [0.717, 1.165) is 34.8 Å². The maximum atomic E-state index is 12.9. The number of aromatic nitrogens is 2. The lowest BCUT2D eigenvalue weighted by Gasteiger charge is -2.20. The van der Waals surface area contributed by atoms with E-state index in [2.05, 4.69) is 0 Å². The van der Waals surface area contributed by atoms with Gasteiger partial charge in [0.25, 0.3) is 5.56 Å². The number of nitrogens with two attached hydrogens (primary N) is 1. The van der Waals surface area contributed by atoms with Gasteiger partial charge in [0.1, 0.15) is 11.4 Å². The fourth-order valence-electron chi connectivity index (χ4n) is 4.07. The van der Waals surface area contributed by atoms with Crippen molar-refractivity contribution < 1.29 is 22.7 Å². The molecule has 0 saturated carbocycles. The summed E-state index contributed by atoms with van der Waals surface area (Å²) in [7, 11) is -2.43. The van der Waals surface area contributed by atoms with E-state index in [1.54, 1.807) is 0 Å². The largest absolute Gasteiger partial charge is 0.454 e. The van der Waals surface area contributed by atoms with E-state index in [1.807, 2.05) is 13.8 Å². The minimum atomic E-state index is -3.67. The number of hydrogen-bond acceptors (Lipinski definition) is 8. The standard InChI is InChI=1S/C24H32N4O7S/c1-16(2)14-28-21(25)20(22(30)26(3)24(28)32)19(29)15-35-23(31)17-8-10-18(11-9-17)36(33,34)27-12-6-4-5-7-13-27/h8-11,16H,4-7,12-15,25H2,1-3H3. The van der Waals surface area contributed by atoms with Crippen molar-refractivity contribution in [1.29, 1.82) is 0 Å². The average molecular weight is 521 g/mol. The first-order chi connectivity index (χ1) is 16.9. The van der Waals surface area contributed by atoms with Crippen LogP contribution in [-0.4, -0.2) is 53.3 Å². The van der Waals surface area contributed by atoms with Gasteiger partial charge in [0.15, 0.2) is 6.61 Å². The van der Waals surface area contributed by atoms with Crippen LogP contribution in [0.4, 0.5) is 5.82 Å². The van der Waals surface area contributed by atoms with E-state index in [9.17, 15) is 27.6 Å². The summed E-state index contributed by atoms with van der Waals surface area (Å²) in [5, 5.41) is 0. The van der Waals surface area contributed by atoms with Crippen LogP contribution >= 0.6 is 0 Å². The zero-order chi connectivity index (χ0) is 26.6. The van der Waals surface area contributed by atoms with Gasteiger partial charge in [0.2, 0.25) is 15.8 Å². The van der Waals surface area contributed by atoms with Crippen LogP contribution in [0.3, 0.4) is 0 Å². The third kappa shape index (κ3) is 5.76. The number of carbonyl (C=O) groups excluding carboxylic acids is 2. The first-order valence-electron chi connectivity index (χ1n) is 11.8. The van der Waals surface area contributed by atoms with E-state index in [0.29, 0.717) is 13.1 Å². The Labute approximate surface area is 209 Å². The van der Waals surface area contributed by atoms with Crippen LogP contribution in [0.1, 0.15) is 60.2 Å². The van der Waals surface area contributed by atoms with Gasteiger partial charge in [0, 0.05) is 26.7 Å². The molecular weight excluding hydrogens is 488 g/mol. The third-order valence-corrected chi connectivity index (χ3v) is 7.95. The summed E-state index contributed by atoms with van der Waals surface area (Å²) in [6, 6.07) is 5.28. The molecule has 2 aromatic rings. The molecule has 11 nitrogen and oxygen atoms in total. The number of carbonyl (C=O) groups is 2. The summed E-state index contributed by atoms with van der Waals surface area (Å²) in [6.07, 6.45) is 3.60. The Morgan fingerprint density at radius 1 is 1.03 bits per heavy atom. The molecule has 1 aliphatic heterocycles. The first-order valence-corrected chi connectivity index (χ1v) is 13.3. The molecule has 0 unspecified atom stereocenters. The lowest BCUT2D eigenvalue weighted by Crippen LogP contribution is -2.43. The van der Waals surface area contributed by atoms with Crippen molar-refractivity contribution in [3.8, 4) is 0 Å². The van der Waals surface area contributed by atoms with E-state index in [-0.39, 0.29) is 28.7 Å². The van der Waals surface area contributed by atoms with E-state index in [4.69, 9.17) is 10.5 Å². The highest BCUT2D eigenvalue weighted by atomic mass is 32.2. The number of sulfonamides is 1. The van der Waals surface area contributed by atoms with Crippen molar-refractivity contribution in [2.45, 2.75) is 51.0 Å². The van der Waals surface area contributed by atoms with Gasteiger partial charge >= 0.3 is 11.7 Å². The topological polar surface area (TPSA) is 151 Å². The van der Waals surface area contributed by atoms with Crippen LogP contribution in [0, 0.1) is 5.92 Å². The molecule has 1 aromatic heterocycles. The van der Waals surface area contributed by atoms with Gasteiger partial charge in [0.05, 0.1) is 10.5 Å². The molecule has 1 aliphatic rings. The quantitative estimate of drug-likeness (QED) is 0.405. The minimum absolute atomic E-state index is 0.0226. The Morgan fingerprint density at radius 2 is 1.61 bits per heavy atom. The van der Waals surface area contributed by atoms with E-state index < -0.39 is 45.2 Å². The fourth-order valence-corrected chi connectivity index (χ4v) is 5.58. The molecule has 0 amide bonds. The molecule has 0 bridgehead atoms. The predicted molar refractivity (Wildman–Crippen MR) is 133 cm³/mol. The van der Waals surface area contributed by atoms with Gasteiger partial charge in [-0.3, -0.25) is 18.7 Å². The second kappa shape index (κ2) is 11.2. The number of ketones is 1. The fraction of sp³-hybridized carbons (Fsp3) is 0.500. The zero-order valence-electron chi connectivity index (χ0n) is 20.7. The van der Waals surface area contributed by atoms with Crippen LogP contribution < -0.4 is 17.0 Å². The molecule has 36 heavy (non-hydrogen) atoms. The van der Waals surface area contributed by atoms with Crippen LogP contribution in [0.25, 0.3) is 0 Å². The van der Waals surface area contributed by atoms with Crippen LogP contribution in [-0.2, 0) is 28.4 Å². The number of Topliss-reactive ketones (excluding diaryl/α,β-unsaturated/α-hetero) is 1. The Bertz CT molecular complexity index is 1350. The molecule has 12 heteroatoms. The predicted octanol–water partition coefficient (Wildman–Crippen LogP) is 1.39. The Kier molecular flexibility index (Phi) is 8.51. The summed E-state index contributed by atoms with van der Waals surface area (Å²) in [5.41, 5.74) is 4.08. The van der Waals surface area contributed by atoms with Gasteiger partial charge in [-0.05, 0) is 43.0 Å². The maximum Gasteiger partial charge on any atom is 0.338 e. The molecule has 0 atom stereocenters. The normalized spacial score (nSPS) is 15.0. The summed E-state index contributed by atoms with van der Waals surface area (Å²) >= 11 is 0. The second-order valence-corrected chi connectivity index (χ2v) is 11.2. The van der Waals surface area contributed by atoms with Crippen LogP contribution in [0.5, 0.6) is 0 Å². The van der Waals surface area contributed by atoms with Crippen LogP contribution in [0.15, 0.2) is 38.8 Å². The van der Waals surface area contributed by atoms with E-state index >= 15 is 0 Å². The summed E-state index contributed by atoms with van der Waals surface area (Å²) in [4.78, 5) is 50.2. The van der Waals surface area contributed by atoms with Gasteiger partial charge < -0.3 is 10.5 Å². The molecule has 3 rings (SSSR count). The summed E-state index contributed by atoms with van der Waals surface area (Å²) in [6.45, 7) is 4.05. The van der Waals surface area contributed by atoms with Gasteiger partial charge in [-0.25, -0.2) is 18.0 Å². The number of benzene rings is 1. The SMILES string of the molecule is CC(C)Cn1c(N)c(C(=O)COC(=O)c2ccc(S(=O)(=O)N3CCCCCC3)cc2)c(=O)n(C)c1=O. The lowest BCUT2D eigenvalue weighted by molar-refractivity contribution is 0.0474. The number of rotatable bonds is 8. The van der Waals surface area contributed by atoms with Gasteiger partial charge in [-0.2, -0.15) is 4.31 Å². The van der Waals surface area contributed by atoms with Crippen molar-refractivity contribution in [1.82, 2.24) is 13.4 Å². The number of hydrogen-bond donors (Lipinski definition) is 1. The van der Waals surface area contributed by atoms with Crippen LogP contribution in [0.2, 0.25) is 0 Å². The molecule has 0 aliphatic carbocycles. The Morgan fingerprint density at radius 3 is 2.17 bits per heavy atom. The highest BCUT2D eigenvalue weighted by Gasteiger charge is 2.26. The molecule has 2 N–H and O–H groups in total. The van der Waals surface area contributed by atoms with Crippen molar-refractivity contribution >= 4 is 27.6 Å². The molecule has 0 radical (unpaired) electrons. The van der Waals surface area contributed by atoms with Gasteiger partial charge in [-0.1, -0.05) is 26.7 Å². The average Bonchev–Trinajstić information content (AvgIpc) is 3.14. The number of anilines is 1. The number of nitrogen functional groups attached to an aromatic ring is 1. The molecule has 1 fully saturated rings. The van der Waals surface area contributed by atoms with E-state index in [1.165, 1.54) is 35.6 Å². The first kappa shape index (κ1) is 27.3. The molecule has 1 saturated heterocycles. The Balaban J connectivity index is 1.74. The summed E-state index contributed by atoms with van der Waals surface area (Å²) < 4.78 is 34.3. The number of esters is 1. The van der Waals surface area contributed by atoms with Crippen molar-refractivity contribution in [2.75, 3.05) is 25.4 Å². The molecule has 0 spiro atoms. The smallest absolute Gasteiger partial charge is 0.338 e. The second-order valence-electron chi connectivity index (χ2n) is 9.25. The minimum Gasteiger partial charge on any atom is -0.454 e. The van der Waals surface area contributed by atoms with Crippen molar-refractivity contribution in [2.24, 2.45) is 13.0 Å². The number of ether oxygens (including phenoxy) is 1. The monoisotopic (exact) mass is 520 g/mol. The summed E-state index contributed by atoms with van der Waals surface area (Å²) in [5.74, 6) is -1.97. The maximum absolute atomic E-state index is 12.9. The third-order valence-electron chi connectivity index (χ3n) is 6.04. The molecule has 2 heterocycles. The Hall–Kier alpha value is -3.25. The van der Waals surface area contributed by atoms with Crippen molar-refractivity contribution in [3.63, 3.8) is 0 Å². The molecule has 196 valence electrons. The zero-order valence-corrected chi connectivity index (χ0v) is 21.5. The highest BCUT2D eigenvalue weighted by molar-refractivity contribution is 7.89. The highest BCUT2D eigenvalue weighted by Crippen LogP contribution is 2.21. The lowest BCUT2D eigenvalue weighted by atomic mass is 10.1. The molecular formula is C24H32N4O7S. The number of nitrogens with zero attached hydrogens (tertiary/aromatic N) is 3. The van der Waals surface area contributed by atoms with Gasteiger partial charge in [-0.15, -0.1) is 0 Å². The van der Waals surface area contributed by atoms with Crippen molar-refractivity contribution in [3.05, 3.63) is 56.2 Å². The molecule has 1 aromatic carbocycles.